The summed E-state index contributed by atoms with van der Waals surface area (Å²) in [5, 5.41) is 7.93. The van der Waals surface area contributed by atoms with E-state index >= 15 is 0 Å². The molecule has 9 heteroatoms. The minimum absolute atomic E-state index is 0.0899. The Kier molecular flexibility index (Phi) is 5.64. The third-order valence-corrected chi connectivity index (χ3v) is 5.29. The summed E-state index contributed by atoms with van der Waals surface area (Å²) < 4.78 is 18.3. The van der Waals surface area contributed by atoms with Gasteiger partial charge in [-0.3, -0.25) is 9.59 Å². The van der Waals surface area contributed by atoms with Gasteiger partial charge in [0.25, 0.3) is 11.8 Å². The highest BCUT2D eigenvalue weighted by Crippen LogP contribution is 2.23. The van der Waals surface area contributed by atoms with Crippen molar-refractivity contribution in [2.45, 2.75) is 38.5 Å². The molecule has 2 aromatic rings. The van der Waals surface area contributed by atoms with Crippen molar-refractivity contribution in [1.82, 2.24) is 20.5 Å². The zero-order valence-electron chi connectivity index (χ0n) is 15.9. The lowest BCUT2D eigenvalue weighted by molar-refractivity contribution is -0.126. The molecule has 2 amide bonds. The number of nitrogens with zero attached hydrogens (tertiary/aromatic N) is 4. The second kappa shape index (κ2) is 8.50. The average Bonchev–Trinajstić information content (AvgIpc) is 3.22. The number of rotatable bonds is 5. The molecule has 0 radical (unpaired) electrons. The third kappa shape index (κ3) is 4.67. The predicted molar refractivity (Wildman–Crippen MR) is 102 cm³/mol. The number of benzene rings is 1. The molecular formula is C20H22FN5O3. The first-order valence-corrected chi connectivity index (χ1v) is 9.81. The number of nitrogens with one attached hydrogen (secondary N) is 1. The van der Waals surface area contributed by atoms with Gasteiger partial charge in [-0.15, -0.1) is 0 Å². The smallest absolute Gasteiger partial charge is 0.270 e. The standard InChI is InChI=1S/C20H22FN5O3/c21-15-6-4-14(5-7-15)19-22-17(25-29-19)9-3-13-2-1-11-26(12-13)20(28)16-8-10-18(27)24-23-16/h4-7,13H,1-3,8-12H2,(H,24,27). The van der Waals surface area contributed by atoms with Gasteiger partial charge < -0.3 is 9.42 Å². The Morgan fingerprint density at radius 3 is 2.86 bits per heavy atom. The number of hydrogen-bond donors (Lipinski definition) is 1. The van der Waals surface area contributed by atoms with Crippen LogP contribution in [0, 0.1) is 11.7 Å². The van der Waals surface area contributed by atoms with E-state index in [1.54, 1.807) is 12.1 Å². The van der Waals surface area contributed by atoms with Crippen molar-refractivity contribution < 1.29 is 18.5 Å². The molecular weight excluding hydrogens is 377 g/mol. The van der Waals surface area contributed by atoms with Gasteiger partial charge in [0.2, 0.25) is 5.91 Å². The fraction of sp³-hybridized carbons (Fsp3) is 0.450. The zero-order valence-corrected chi connectivity index (χ0v) is 15.9. The lowest BCUT2D eigenvalue weighted by atomic mass is 9.93. The van der Waals surface area contributed by atoms with Crippen molar-refractivity contribution in [2.75, 3.05) is 13.1 Å². The largest absolute Gasteiger partial charge is 0.337 e. The lowest BCUT2D eigenvalue weighted by Gasteiger charge is -2.33. The summed E-state index contributed by atoms with van der Waals surface area (Å²) in [6, 6.07) is 5.92. The number of likely N-dealkylation sites (tertiary alicyclic amines) is 1. The van der Waals surface area contributed by atoms with Crippen molar-refractivity contribution in [1.29, 1.82) is 0 Å². The van der Waals surface area contributed by atoms with Crippen molar-refractivity contribution in [3.63, 3.8) is 0 Å². The number of carbonyl (C=O) groups excluding carboxylic acids is 2. The summed E-state index contributed by atoms with van der Waals surface area (Å²) in [7, 11) is 0. The third-order valence-electron chi connectivity index (χ3n) is 5.29. The van der Waals surface area contributed by atoms with Crippen LogP contribution in [-0.4, -0.2) is 45.7 Å². The van der Waals surface area contributed by atoms with E-state index < -0.39 is 0 Å². The number of carbonyl (C=O) groups is 2. The predicted octanol–water partition coefficient (Wildman–Crippen LogP) is 2.31. The summed E-state index contributed by atoms with van der Waals surface area (Å²) >= 11 is 0. The first-order valence-electron chi connectivity index (χ1n) is 9.81. The summed E-state index contributed by atoms with van der Waals surface area (Å²) in [5.74, 6) is 0.765. The monoisotopic (exact) mass is 399 g/mol. The van der Waals surface area contributed by atoms with Crippen LogP contribution in [-0.2, 0) is 16.0 Å². The Balaban J connectivity index is 1.31. The summed E-state index contributed by atoms with van der Waals surface area (Å²) in [4.78, 5) is 30.1. The van der Waals surface area contributed by atoms with Gasteiger partial charge in [-0.1, -0.05) is 5.16 Å². The molecule has 29 heavy (non-hydrogen) atoms. The Bertz CT molecular complexity index is 924. The van der Waals surface area contributed by atoms with Crippen molar-refractivity contribution in [3.8, 4) is 11.5 Å². The van der Waals surface area contributed by atoms with Gasteiger partial charge in [-0.25, -0.2) is 9.82 Å². The van der Waals surface area contributed by atoms with E-state index in [1.165, 1.54) is 12.1 Å². The molecule has 2 aliphatic heterocycles. The van der Waals surface area contributed by atoms with Crippen LogP contribution in [0.3, 0.4) is 0 Å². The maximum Gasteiger partial charge on any atom is 0.270 e. The minimum Gasteiger partial charge on any atom is -0.337 e. The second-order valence-electron chi connectivity index (χ2n) is 7.41. The fourth-order valence-corrected chi connectivity index (χ4v) is 3.69. The van der Waals surface area contributed by atoms with E-state index in [2.05, 4.69) is 20.7 Å². The molecule has 1 unspecified atom stereocenters. The van der Waals surface area contributed by atoms with E-state index in [9.17, 15) is 14.0 Å². The van der Waals surface area contributed by atoms with E-state index in [4.69, 9.17) is 4.52 Å². The Morgan fingerprint density at radius 2 is 2.10 bits per heavy atom. The summed E-state index contributed by atoms with van der Waals surface area (Å²) in [6.45, 7) is 1.37. The Hall–Kier alpha value is -3.10. The molecule has 0 aliphatic carbocycles. The van der Waals surface area contributed by atoms with Crippen LogP contribution in [0.1, 0.15) is 37.9 Å². The Morgan fingerprint density at radius 1 is 1.28 bits per heavy atom. The molecule has 1 N–H and O–H groups in total. The van der Waals surface area contributed by atoms with Crippen LogP contribution < -0.4 is 5.43 Å². The van der Waals surface area contributed by atoms with Crippen LogP contribution in [0.5, 0.6) is 0 Å². The molecule has 152 valence electrons. The molecule has 4 rings (SSSR count). The zero-order chi connectivity index (χ0) is 20.2. The summed E-state index contributed by atoms with van der Waals surface area (Å²) in [6.07, 6.45) is 4.15. The maximum atomic E-state index is 13.0. The quantitative estimate of drug-likeness (QED) is 0.832. The number of hydrazone groups is 1. The van der Waals surface area contributed by atoms with Crippen LogP contribution in [0.25, 0.3) is 11.5 Å². The number of amides is 2. The maximum absolute atomic E-state index is 13.0. The molecule has 0 spiro atoms. The van der Waals surface area contributed by atoms with Gasteiger partial charge in [0, 0.05) is 37.9 Å². The molecule has 3 heterocycles. The normalized spacial score (nSPS) is 19.6. The first kappa shape index (κ1) is 19.2. The second-order valence-corrected chi connectivity index (χ2v) is 7.41. The fourth-order valence-electron chi connectivity index (χ4n) is 3.69. The first-order chi connectivity index (χ1) is 14.1. The molecule has 2 aliphatic rings. The molecule has 1 aromatic heterocycles. The van der Waals surface area contributed by atoms with E-state index in [0.29, 0.717) is 61.3 Å². The minimum atomic E-state index is -0.313. The molecule has 1 fully saturated rings. The average molecular weight is 399 g/mol. The SMILES string of the molecule is O=C1CCC(C(=O)N2CCCC(CCc3noc(-c4ccc(F)cc4)n3)C2)=NN1. The van der Waals surface area contributed by atoms with Gasteiger partial charge in [0.15, 0.2) is 5.82 Å². The van der Waals surface area contributed by atoms with Gasteiger partial charge >= 0.3 is 0 Å². The van der Waals surface area contributed by atoms with Crippen molar-refractivity contribution in [2.24, 2.45) is 11.0 Å². The molecule has 8 nitrogen and oxygen atoms in total. The lowest BCUT2D eigenvalue weighted by Crippen LogP contribution is -2.45. The number of hydrogen-bond acceptors (Lipinski definition) is 6. The highest BCUT2D eigenvalue weighted by atomic mass is 19.1. The van der Waals surface area contributed by atoms with Crippen LogP contribution in [0.2, 0.25) is 0 Å². The van der Waals surface area contributed by atoms with Crippen LogP contribution in [0.15, 0.2) is 33.9 Å². The number of aromatic nitrogens is 2. The number of piperidine rings is 1. The topological polar surface area (TPSA) is 101 Å². The number of aryl methyl sites for hydroxylation is 1. The molecule has 0 saturated carbocycles. The van der Waals surface area contributed by atoms with Crippen molar-refractivity contribution >= 4 is 17.5 Å². The highest BCUT2D eigenvalue weighted by molar-refractivity contribution is 6.39. The van der Waals surface area contributed by atoms with Gasteiger partial charge in [0.1, 0.15) is 11.5 Å². The van der Waals surface area contributed by atoms with Crippen LogP contribution in [0.4, 0.5) is 4.39 Å². The number of halogens is 1. The van der Waals surface area contributed by atoms with Gasteiger partial charge in [0.05, 0.1) is 0 Å². The molecule has 1 aromatic carbocycles. The van der Waals surface area contributed by atoms with Crippen molar-refractivity contribution in [3.05, 3.63) is 35.9 Å². The summed E-state index contributed by atoms with van der Waals surface area (Å²) in [5.41, 5.74) is 3.49. The highest BCUT2D eigenvalue weighted by Gasteiger charge is 2.28. The van der Waals surface area contributed by atoms with E-state index in [-0.39, 0.29) is 17.6 Å². The molecule has 1 saturated heterocycles. The Labute approximate surface area is 167 Å². The van der Waals surface area contributed by atoms with E-state index in [0.717, 1.165) is 19.3 Å². The van der Waals surface area contributed by atoms with E-state index in [1.807, 2.05) is 4.90 Å². The van der Waals surface area contributed by atoms with Gasteiger partial charge in [-0.05, 0) is 49.4 Å². The van der Waals surface area contributed by atoms with Gasteiger partial charge in [-0.2, -0.15) is 10.1 Å². The molecule has 1 atom stereocenters. The van der Waals surface area contributed by atoms with Crippen LogP contribution >= 0.6 is 0 Å². The molecule has 0 bridgehead atoms.